The van der Waals surface area contributed by atoms with Gasteiger partial charge in [0.1, 0.15) is 11.8 Å². The van der Waals surface area contributed by atoms with Crippen LogP contribution in [0.2, 0.25) is 4.47 Å². The average Bonchev–Trinajstić information content (AvgIpc) is 2.88. The number of rotatable bonds is 5. The van der Waals surface area contributed by atoms with E-state index in [1.54, 1.807) is 6.20 Å². The van der Waals surface area contributed by atoms with Gasteiger partial charge in [0.05, 0.1) is 12.1 Å². The lowest BCUT2D eigenvalue weighted by Crippen LogP contribution is -2.19. The number of hydrogen-bond donors (Lipinski definition) is 1. The number of thiazole rings is 1. The topological polar surface area (TPSA) is 57.9 Å². The zero-order valence-corrected chi connectivity index (χ0v) is 12.5. The minimum atomic E-state index is -4.45. The highest BCUT2D eigenvalue weighted by Crippen LogP contribution is 2.25. The van der Waals surface area contributed by atoms with Crippen LogP contribution in [0.3, 0.4) is 0 Å². The Bertz CT molecular complexity index is 697. The molecule has 0 saturated carbocycles. The van der Waals surface area contributed by atoms with E-state index in [0.29, 0.717) is 16.7 Å². The van der Waals surface area contributed by atoms with Crippen LogP contribution in [0.15, 0.2) is 24.4 Å². The summed E-state index contributed by atoms with van der Waals surface area (Å²) >= 11 is 7.02. The summed E-state index contributed by atoms with van der Waals surface area (Å²) in [5.74, 6) is -0.105. The zero-order valence-electron chi connectivity index (χ0n) is 10.9. The molecule has 0 aliphatic heterocycles. The van der Waals surface area contributed by atoms with Crippen molar-refractivity contribution in [2.24, 2.45) is 0 Å². The third-order valence-electron chi connectivity index (χ3n) is 2.48. The van der Waals surface area contributed by atoms with Crippen molar-refractivity contribution in [1.82, 2.24) is 4.98 Å². The Kier molecular flexibility index (Phi) is 5.11. The zero-order chi connectivity index (χ0) is 16.2. The maximum atomic E-state index is 12.1. The molecule has 1 aromatic carbocycles. The first-order valence-electron chi connectivity index (χ1n) is 5.95. The largest absolute Gasteiger partial charge is 0.483 e. The molecule has 1 heterocycles. The van der Waals surface area contributed by atoms with Gasteiger partial charge < -0.3 is 10.1 Å². The van der Waals surface area contributed by atoms with Crippen LogP contribution in [0.5, 0.6) is 5.75 Å². The van der Waals surface area contributed by atoms with Gasteiger partial charge in [0.15, 0.2) is 11.1 Å². The molecule has 0 amide bonds. The van der Waals surface area contributed by atoms with E-state index in [1.165, 1.54) is 29.5 Å². The lowest BCUT2D eigenvalue weighted by molar-refractivity contribution is -0.153. The maximum absolute atomic E-state index is 12.1. The van der Waals surface area contributed by atoms with E-state index >= 15 is 0 Å². The number of nitrogens with one attached hydrogen (secondary N) is 1. The van der Waals surface area contributed by atoms with E-state index in [2.05, 4.69) is 15.0 Å². The highest BCUT2D eigenvalue weighted by Gasteiger charge is 2.28. The van der Waals surface area contributed by atoms with E-state index < -0.39 is 12.8 Å². The first-order valence-corrected chi connectivity index (χ1v) is 7.14. The van der Waals surface area contributed by atoms with Gasteiger partial charge in [-0.25, -0.2) is 4.98 Å². The Labute approximate surface area is 133 Å². The van der Waals surface area contributed by atoms with Crippen LogP contribution in [0.25, 0.3) is 0 Å². The number of benzene rings is 1. The Balaban J connectivity index is 2.03. The number of nitriles is 1. The molecule has 2 rings (SSSR count). The maximum Gasteiger partial charge on any atom is 0.422 e. The van der Waals surface area contributed by atoms with Crippen LogP contribution in [0.4, 0.5) is 18.9 Å². The predicted octanol–water partition coefficient (Wildman–Crippen LogP) is 4.22. The SMILES string of the molecule is N#Cc1cc(NCc2cnc(Cl)s2)ccc1OCC(F)(F)F. The Morgan fingerprint density at radius 3 is 2.77 bits per heavy atom. The molecule has 0 radical (unpaired) electrons. The molecule has 1 aromatic heterocycles. The lowest BCUT2D eigenvalue weighted by Gasteiger charge is -2.12. The fourth-order valence-electron chi connectivity index (χ4n) is 1.57. The van der Waals surface area contributed by atoms with Gasteiger partial charge in [0.2, 0.25) is 0 Å². The van der Waals surface area contributed by atoms with Gasteiger partial charge >= 0.3 is 6.18 Å². The molecule has 0 unspecified atom stereocenters. The summed E-state index contributed by atoms with van der Waals surface area (Å²) in [5.41, 5.74) is 0.608. The number of aromatic nitrogens is 1. The smallest absolute Gasteiger partial charge is 0.422 e. The van der Waals surface area contributed by atoms with Crippen molar-refractivity contribution in [2.75, 3.05) is 11.9 Å². The molecule has 0 fully saturated rings. The standard InChI is InChI=1S/C13H9ClF3N3OS/c14-12-20-6-10(22-12)5-19-9-1-2-11(8(3-9)4-18)21-7-13(15,16)17/h1-3,6,19H,5,7H2. The normalized spacial score (nSPS) is 11.0. The third-order valence-corrected chi connectivity index (χ3v) is 3.60. The van der Waals surface area contributed by atoms with Crippen molar-refractivity contribution in [3.8, 4) is 11.8 Å². The minimum Gasteiger partial charge on any atom is -0.483 e. The quantitative estimate of drug-likeness (QED) is 0.879. The molecule has 0 atom stereocenters. The second-order valence-electron chi connectivity index (χ2n) is 4.16. The fraction of sp³-hybridized carbons (Fsp3) is 0.231. The van der Waals surface area contributed by atoms with Crippen LogP contribution in [0, 0.1) is 11.3 Å². The molecule has 9 heteroatoms. The summed E-state index contributed by atoms with van der Waals surface area (Å²) < 4.78 is 41.4. The molecular formula is C13H9ClF3N3OS. The van der Waals surface area contributed by atoms with E-state index in [-0.39, 0.29) is 11.3 Å². The molecular weight excluding hydrogens is 339 g/mol. The van der Waals surface area contributed by atoms with E-state index in [0.717, 1.165) is 4.88 Å². The molecule has 2 aromatic rings. The number of alkyl halides is 3. The van der Waals surface area contributed by atoms with Crippen molar-refractivity contribution in [3.05, 3.63) is 39.3 Å². The van der Waals surface area contributed by atoms with Gasteiger partial charge in [-0.3, -0.25) is 0 Å². The van der Waals surface area contributed by atoms with Gasteiger partial charge in [-0.2, -0.15) is 18.4 Å². The minimum absolute atomic E-state index is 0.0246. The van der Waals surface area contributed by atoms with Crippen LogP contribution in [-0.2, 0) is 6.54 Å². The highest BCUT2D eigenvalue weighted by molar-refractivity contribution is 7.15. The molecule has 0 aliphatic carbocycles. The van der Waals surface area contributed by atoms with E-state index in [4.69, 9.17) is 16.9 Å². The van der Waals surface area contributed by atoms with Crippen LogP contribution < -0.4 is 10.1 Å². The van der Waals surface area contributed by atoms with Crippen LogP contribution in [-0.4, -0.2) is 17.8 Å². The second-order valence-corrected chi connectivity index (χ2v) is 5.86. The molecule has 116 valence electrons. The number of halogens is 4. The molecule has 22 heavy (non-hydrogen) atoms. The summed E-state index contributed by atoms with van der Waals surface area (Å²) in [5, 5.41) is 12.0. The molecule has 0 aliphatic rings. The van der Waals surface area contributed by atoms with Crippen molar-refractivity contribution >= 4 is 28.6 Å². The fourth-order valence-corrected chi connectivity index (χ4v) is 2.48. The summed E-state index contributed by atoms with van der Waals surface area (Å²) in [4.78, 5) is 4.78. The van der Waals surface area contributed by atoms with Gasteiger partial charge in [0.25, 0.3) is 0 Å². The Morgan fingerprint density at radius 2 is 2.18 bits per heavy atom. The predicted molar refractivity (Wildman–Crippen MR) is 77.2 cm³/mol. The number of ether oxygens (including phenoxy) is 1. The van der Waals surface area contributed by atoms with Crippen molar-refractivity contribution < 1.29 is 17.9 Å². The first kappa shape index (κ1) is 16.4. The number of anilines is 1. The van der Waals surface area contributed by atoms with Crippen molar-refractivity contribution in [3.63, 3.8) is 0 Å². The molecule has 0 saturated heterocycles. The summed E-state index contributed by atoms with van der Waals surface area (Å²) in [6.07, 6.45) is -2.83. The summed E-state index contributed by atoms with van der Waals surface area (Å²) in [6.45, 7) is -0.994. The number of nitrogens with zero attached hydrogens (tertiary/aromatic N) is 2. The van der Waals surface area contributed by atoms with Crippen molar-refractivity contribution in [1.29, 1.82) is 5.26 Å². The monoisotopic (exact) mass is 347 g/mol. The van der Waals surface area contributed by atoms with Gasteiger partial charge in [-0.1, -0.05) is 11.6 Å². The second kappa shape index (κ2) is 6.85. The number of hydrogen-bond acceptors (Lipinski definition) is 5. The van der Waals surface area contributed by atoms with Crippen LogP contribution >= 0.6 is 22.9 Å². The highest BCUT2D eigenvalue weighted by atomic mass is 35.5. The van der Waals surface area contributed by atoms with Gasteiger partial charge in [-0.15, -0.1) is 11.3 Å². The summed E-state index contributed by atoms with van der Waals surface area (Å²) in [7, 11) is 0. The Morgan fingerprint density at radius 1 is 1.41 bits per heavy atom. The van der Waals surface area contributed by atoms with Crippen molar-refractivity contribution in [2.45, 2.75) is 12.7 Å². The molecule has 0 spiro atoms. The molecule has 1 N–H and O–H groups in total. The van der Waals surface area contributed by atoms with Gasteiger partial charge in [-0.05, 0) is 18.2 Å². The van der Waals surface area contributed by atoms with E-state index in [9.17, 15) is 13.2 Å². The van der Waals surface area contributed by atoms with Crippen LogP contribution in [0.1, 0.15) is 10.4 Å². The Hall–Kier alpha value is -1.98. The van der Waals surface area contributed by atoms with E-state index in [1.807, 2.05) is 6.07 Å². The summed E-state index contributed by atoms with van der Waals surface area (Å²) in [6, 6.07) is 6.10. The average molecular weight is 348 g/mol. The lowest BCUT2D eigenvalue weighted by atomic mass is 10.2. The first-order chi connectivity index (χ1) is 10.4. The molecule has 4 nitrogen and oxygen atoms in total. The van der Waals surface area contributed by atoms with Gasteiger partial charge in [0, 0.05) is 16.8 Å². The molecule has 0 bridgehead atoms. The third kappa shape index (κ3) is 4.79.